The summed E-state index contributed by atoms with van der Waals surface area (Å²) < 4.78 is 44.8. The minimum atomic E-state index is -4.69. The van der Waals surface area contributed by atoms with Crippen LogP contribution >= 0.6 is 0 Å². The van der Waals surface area contributed by atoms with Crippen LogP contribution in [0.15, 0.2) is 24.3 Å². The van der Waals surface area contributed by atoms with Gasteiger partial charge in [-0.25, -0.2) is 0 Å². The first-order valence-electron chi connectivity index (χ1n) is 6.01. The average molecular weight is 278 g/mol. The standard InChI is InChI=1S/C13H17F3O3/c1-2-7-18-9-11(17)8-10-3-5-12(6-4-10)19-13(14,15)16/h3-6,11,17H,2,7-9H2,1H3. The highest BCUT2D eigenvalue weighted by atomic mass is 19.4. The second kappa shape index (κ2) is 7.35. The summed E-state index contributed by atoms with van der Waals surface area (Å²) in [6, 6.07) is 5.43. The predicted octanol–water partition coefficient (Wildman–Crippen LogP) is 2.92. The maximum atomic E-state index is 11.9. The van der Waals surface area contributed by atoms with E-state index >= 15 is 0 Å². The zero-order chi connectivity index (χ0) is 14.3. The highest BCUT2D eigenvalue weighted by Gasteiger charge is 2.30. The minimum Gasteiger partial charge on any atom is -0.406 e. The zero-order valence-electron chi connectivity index (χ0n) is 10.6. The van der Waals surface area contributed by atoms with Gasteiger partial charge in [0.25, 0.3) is 0 Å². The van der Waals surface area contributed by atoms with E-state index in [2.05, 4.69) is 4.74 Å². The van der Waals surface area contributed by atoms with Crippen molar-refractivity contribution in [3.8, 4) is 5.75 Å². The lowest BCUT2D eigenvalue weighted by atomic mass is 10.1. The molecule has 0 radical (unpaired) electrons. The highest BCUT2D eigenvalue weighted by Crippen LogP contribution is 2.23. The van der Waals surface area contributed by atoms with Crippen LogP contribution in [0.5, 0.6) is 5.75 Å². The first kappa shape index (κ1) is 15.8. The molecule has 0 heterocycles. The van der Waals surface area contributed by atoms with E-state index in [1.54, 1.807) is 0 Å². The summed E-state index contributed by atoms with van der Waals surface area (Å²) >= 11 is 0. The Hall–Kier alpha value is -1.27. The van der Waals surface area contributed by atoms with Crippen LogP contribution < -0.4 is 4.74 Å². The molecule has 1 atom stereocenters. The van der Waals surface area contributed by atoms with Gasteiger partial charge in [0, 0.05) is 13.0 Å². The molecule has 0 saturated heterocycles. The molecule has 1 aromatic carbocycles. The maximum absolute atomic E-state index is 11.9. The van der Waals surface area contributed by atoms with Crippen molar-refractivity contribution in [3.63, 3.8) is 0 Å². The molecule has 0 aromatic heterocycles. The molecule has 0 fully saturated rings. The van der Waals surface area contributed by atoms with Gasteiger partial charge in [0.1, 0.15) is 5.75 Å². The third kappa shape index (κ3) is 7.03. The van der Waals surface area contributed by atoms with E-state index in [-0.39, 0.29) is 12.4 Å². The molecule has 0 bridgehead atoms. The van der Waals surface area contributed by atoms with Gasteiger partial charge in [-0.15, -0.1) is 13.2 Å². The number of alkyl halides is 3. The fraction of sp³-hybridized carbons (Fsp3) is 0.538. The van der Waals surface area contributed by atoms with Gasteiger partial charge >= 0.3 is 6.36 Å². The molecule has 19 heavy (non-hydrogen) atoms. The summed E-state index contributed by atoms with van der Waals surface area (Å²) in [4.78, 5) is 0. The second-order valence-corrected chi connectivity index (χ2v) is 4.12. The molecule has 0 aliphatic carbocycles. The molecule has 1 rings (SSSR count). The lowest BCUT2D eigenvalue weighted by Crippen LogP contribution is -2.19. The van der Waals surface area contributed by atoms with Crippen LogP contribution in [0.3, 0.4) is 0 Å². The van der Waals surface area contributed by atoms with E-state index in [1.807, 2.05) is 6.92 Å². The van der Waals surface area contributed by atoms with Crippen LogP contribution in [0.25, 0.3) is 0 Å². The minimum absolute atomic E-state index is 0.217. The maximum Gasteiger partial charge on any atom is 0.573 e. The van der Waals surface area contributed by atoms with Gasteiger partial charge in [0.15, 0.2) is 0 Å². The molecule has 0 aliphatic heterocycles. The van der Waals surface area contributed by atoms with Gasteiger partial charge < -0.3 is 14.6 Å². The van der Waals surface area contributed by atoms with Gasteiger partial charge in [-0.3, -0.25) is 0 Å². The van der Waals surface area contributed by atoms with Crippen LogP contribution in [0.2, 0.25) is 0 Å². The fourth-order valence-corrected chi connectivity index (χ4v) is 1.52. The number of hydrogen-bond acceptors (Lipinski definition) is 3. The number of rotatable bonds is 7. The summed E-state index contributed by atoms with van der Waals surface area (Å²) in [7, 11) is 0. The first-order valence-corrected chi connectivity index (χ1v) is 6.01. The van der Waals surface area contributed by atoms with Crippen molar-refractivity contribution in [1.82, 2.24) is 0 Å². The molecular formula is C13H17F3O3. The summed E-state index contributed by atoms with van der Waals surface area (Å²) in [6.45, 7) is 2.76. The number of halogens is 3. The van der Waals surface area contributed by atoms with Crippen molar-refractivity contribution in [1.29, 1.82) is 0 Å². The molecule has 0 aliphatic rings. The van der Waals surface area contributed by atoms with Crippen LogP contribution in [-0.4, -0.2) is 30.8 Å². The van der Waals surface area contributed by atoms with Crippen molar-refractivity contribution in [3.05, 3.63) is 29.8 Å². The largest absolute Gasteiger partial charge is 0.573 e. The highest BCUT2D eigenvalue weighted by molar-refractivity contribution is 5.27. The van der Waals surface area contributed by atoms with Gasteiger partial charge in [-0.1, -0.05) is 19.1 Å². The van der Waals surface area contributed by atoms with E-state index in [0.29, 0.717) is 13.0 Å². The average Bonchev–Trinajstić information content (AvgIpc) is 2.30. The molecular weight excluding hydrogens is 261 g/mol. The van der Waals surface area contributed by atoms with Gasteiger partial charge in [0.05, 0.1) is 12.7 Å². The van der Waals surface area contributed by atoms with Gasteiger partial charge in [0.2, 0.25) is 0 Å². The number of benzene rings is 1. The number of aliphatic hydroxyl groups is 1. The van der Waals surface area contributed by atoms with Gasteiger partial charge in [-0.2, -0.15) is 0 Å². The summed E-state index contributed by atoms with van der Waals surface area (Å²) in [5.74, 6) is -0.270. The Labute approximate surface area is 110 Å². The Bertz CT molecular complexity index is 362. The topological polar surface area (TPSA) is 38.7 Å². The van der Waals surface area contributed by atoms with Crippen molar-refractivity contribution in [2.45, 2.75) is 32.2 Å². The van der Waals surface area contributed by atoms with Crippen molar-refractivity contribution in [2.75, 3.05) is 13.2 Å². The smallest absolute Gasteiger partial charge is 0.406 e. The zero-order valence-corrected chi connectivity index (χ0v) is 10.6. The van der Waals surface area contributed by atoms with E-state index in [9.17, 15) is 18.3 Å². The van der Waals surface area contributed by atoms with Crippen LogP contribution in [0.1, 0.15) is 18.9 Å². The molecule has 0 amide bonds. The molecule has 1 N–H and O–H groups in total. The lowest BCUT2D eigenvalue weighted by Gasteiger charge is -2.12. The second-order valence-electron chi connectivity index (χ2n) is 4.12. The number of hydrogen-bond donors (Lipinski definition) is 1. The van der Waals surface area contributed by atoms with E-state index in [1.165, 1.54) is 24.3 Å². The first-order chi connectivity index (χ1) is 8.90. The molecule has 1 unspecified atom stereocenters. The third-order valence-corrected chi connectivity index (χ3v) is 2.29. The number of aliphatic hydroxyl groups excluding tert-OH is 1. The van der Waals surface area contributed by atoms with E-state index in [0.717, 1.165) is 12.0 Å². The van der Waals surface area contributed by atoms with E-state index in [4.69, 9.17) is 4.74 Å². The molecule has 1 aromatic rings. The summed E-state index contributed by atoms with van der Waals surface area (Å²) in [5, 5.41) is 9.65. The predicted molar refractivity (Wildman–Crippen MR) is 63.9 cm³/mol. The van der Waals surface area contributed by atoms with Gasteiger partial charge in [-0.05, 0) is 24.1 Å². The van der Waals surface area contributed by atoms with Crippen molar-refractivity contribution < 1.29 is 27.8 Å². The Morgan fingerprint density at radius 2 is 1.84 bits per heavy atom. The molecule has 0 saturated carbocycles. The van der Waals surface area contributed by atoms with Crippen molar-refractivity contribution in [2.24, 2.45) is 0 Å². The van der Waals surface area contributed by atoms with Crippen molar-refractivity contribution >= 4 is 0 Å². The van der Waals surface area contributed by atoms with E-state index < -0.39 is 12.5 Å². The normalized spacial score (nSPS) is 13.3. The Balaban J connectivity index is 2.43. The molecule has 108 valence electrons. The lowest BCUT2D eigenvalue weighted by molar-refractivity contribution is -0.274. The Morgan fingerprint density at radius 1 is 1.21 bits per heavy atom. The third-order valence-electron chi connectivity index (χ3n) is 2.29. The Kier molecular flexibility index (Phi) is 6.11. The SMILES string of the molecule is CCCOCC(O)Cc1ccc(OC(F)(F)F)cc1. The number of ether oxygens (including phenoxy) is 2. The van der Waals surface area contributed by atoms with Crippen LogP contribution in [0.4, 0.5) is 13.2 Å². The molecule has 6 heteroatoms. The fourth-order valence-electron chi connectivity index (χ4n) is 1.52. The summed E-state index contributed by atoms with van der Waals surface area (Å²) in [6.07, 6.45) is -4.15. The molecule has 0 spiro atoms. The Morgan fingerprint density at radius 3 is 2.37 bits per heavy atom. The molecule has 3 nitrogen and oxygen atoms in total. The van der Waals surface area contributed by atoms with Crippen LogP contribution in [-0.2, 0) is 11.2 Å². The van der Waals surface area contributed by atoms with Crippen LogP contribution in [0, 0.1) is 0 Å². The summed E-state index contributed by atoms with van der Waals surface area (Å²) in [5.41, 5.74) is 0.724. The quantitative estimate of drug-likeness (QED) is 0.779. The monoisotopic (exact) mass is 278 g/mol.